The zero-order chi connectivity index (χ0) is 14.0. The van der Waals surface area contributed by atoms with Crippen LogP contribution in [0.2, 0.25) is 0 Å². The fourth-order valence-electron chi connectivity index (χ4n) is 3.22. The van der Waals surface area contributed by atoms with Gasteiger partial charge in [0.15, 0.2) is 0 Å². The minimum Gasteiger partial charge on any atom is -0.465 e. The number of hydrogen-bond acceptors (Lipinski definition) is 3. The van der Waals surface area contributed by atoms with Crippen LogP contribution in [0.1, 0.15) is 35.2 Å². The molecule has 0 aromatic heterocycles. The highest BCUT2D eigenvalue weighted by atomic mass is 16.5. The van der Waals surface area contributed by atoms with Gasteiger partial charge in [-0.1, -0.05) is 24.3 Å². The van der Waals surface area contributed by atoms with Crippen LogP contribution in [0.4, 0.5) is 0 Å². The van der Waals surface area contributed by atoms with Gasteiger partial charge in [0.2, 0.25) is 0 Å². The van der Waals surface area contributed by atoms with Gasteiger partial charge in [-0.05, 0) is 62.0 Å². The fraction of sp³-hybridized carbons (Fsp3) is 0.471. The Labute approximate surface area is 120 Å². The van der Waals surface area contributed by atoms with Crippen molar-refractivity contribution in [3.8, 4) is 0 Å². The largest absolute Gasteiger partial charge is 0.465 e. The molecule has 4 rings (SSSR count). The molecule has 3 aliphatic rings. The van der Waals surface area contributed by atoms with E-state index in [1.807, 2.05) is 24.3 Å². The number of ether oxygens (including phenoxy) is 1. The average molecular weight is 271 g/mol. The van der Waals surface area contributed by atoms with Crippen LogP contribution in [0.5, 0.6) is 0 Å². The number of carbonyl (C=O) groups excluding carboxylic acids is 1. The van der Waals surface area contributed by atoms with Crippen LogP contribution in [0, 0.1) is 5.41 Å². The van der Waals surface area contributed by atoms with Gasteiger partial charge in [0.1, 0.15) is 0 Å². The lowest BCUT2D eigenvalue weighted by Gasteiger charge is -2.47. The molecule has 0 aliphatic carbocycles. The molecule has 0 N–H and O–H groups in total. The van der Waals surface area contributed by atoms with E-state index in [0.29, 0.717) is 11.0 Å². The standard InChI is InChI=1S/C17H21NO2/c1-20-16(19)15-4-2-14(3-5-15)6-7-17-8-11-18(12-9-17)13-10-17/h2-7H,8-13H2,1H3. The number of rotatable bonds is 3. The molecule has 3 heterocycles. The molecule has 3 heteroatoms. The summed E-state index contributed by atoms with van der Waals surface area (Å²) in [5.41, 5.74) is 2.17. The zero-order valence-electron chi connectivity index (χ0n) is 12.0. The van der Waals surface area contributed by atoms with Crippen LogP contribution in [0.3, 0.4) is 0 Å². The summed E-state index contributed by atoms with van der Waals surface area (Å²) in [6, 6.07) is 7.62. The molecular formula is C17H21NO2. The zero-order valence-corrected chi connectivity index (χ0v) is 12.0. The molecule has 0 amide bonds. The van der Waals surface area contributed by atoms with Crippen molar-refractivity contribution in [3.63, 3.8) is 0 Å². The fourth-order valence-corrected chi connectivity index (χ4v) is 3.22. The van der Waals surface area contributed by atoms with Crippen molar-refractivity contribution in [1.82, 2.24) is 4.90 Å². The minimum absolute atomic E-state index is 0.279. The highest BCUT2D eigenvalue weighted by Gasteiger charge is 2.36. The van der Waals surface area contributed by atoms with E-state index in [-0.39, 0.29) is 5.97 Å². The molecule has 0 unspecified atom stereocenters. The molecule has 20 heavy (non-hydrogen) atoms. The van der Waals surface area contributed by atoms with Crippen LogP contribution in [-0.2, 0) is 4.74 Å². The molecule has 0 saturated carbocycles. The molecule has 1 aromatic rings. The molecule has 2 bridgehead atoms. The SMILES string of the molecule is COC(=O)c1ccc(C=CC23CCN(CC2)CC3)cc1. The van der Waals surface area contributed by atoms with Crippen LogP contribution in [-0.4, -0.2) is 37.6 Å². The molecule has 3 nitrogen and oxygen atoms in total. The van der Waals surface area contributed by atoms with Gasteiger partial charge < -0.3 is 9.64 Å². The Morgan fingerprint density at radius 1 is 1.15 bits per heavy atom. The summed E-state index contributed by atoms with van der Waals surface area (Å²) in [4.78, 5) is 13.9. The molecule has 3 aliphatic heterocycles. The third kappa shape index (κ3) is 2.63. The average Bonchev–Trinajstić information content (AvgIpc) is 2.54. The van der Waals surface area contributed by atoms with Crippen molar-refractivity contribution in [2.45, 2.75) is 19.3 Å². The van der Waals surface area contributed by atoms with Crippen molar-refractivity contribution in [2.24, 2.45) is 5.41 Å². The summed E-state index contributed by atoms with van der Waals surface area (Å²) in [5, 5.41) is 0. The number of esters is 1. The predicted octanol–water partition coefficient (Wildman–Crippen LogP) is 2.97. The van der Waals surface area contributed by atoms with Crippen molar-refractivity contribution in [1.29, 1.82) is 0 Å². The van der Waals surface area contributed by atoms with E-state index in [1.165, 1.54) is 46.0 Å². The Balaban J connectivity index is 1.71. The first-order valence-corrected chi connectivity index (χ1v) is 7.31. The van der Waals surface area contributed by atoms with E-state index in [4.69, 9.17) is 4.74 Å². The number of fused-ring (bicyclic) bond motifs is 3. The molecular weight excluding hydrogens is 250 g/mol. The Bertz CT molecular complexity index is 497. The van der Waals surface area contributed by atoms with E-state index in [2.05, 4.69) is 17.1 Å². The molecule has 106 valence electrons. The third-order valence-corrected chi connectivity index (χ3v) is 4.74. The van der Waals surface area contributed by atoms with Gasteiger partial charge in [0.05, 0.1) is 12.7 Å². The number of carbonyl (C=O) groups is 1. The van der Waals surface area contributed by atoms with Gasteiger partial charge in [-0.15, -0.1) is 0 Å². The third-order valence-electron chi connectivity index (χ3n) is 4.74. The quantitative estimate of drug-likeness (QED) is 0.792. The van der Waals surface area contributed by atoms with Crippen molar-refractivity contribution < 1.29 is 9.53 Å². The van der Waals surface area contributed by atoms with E-state index in [1.54, 1.807) is 0 Å². The normalized spacial score (nSPS) is 28.8. The first kappa shape index (κ1) is 13.4. The van der Waals surface area contributed by atoms with Crippen molar-refractivity contribution in [3.05, 3.63) is 41.5 Å². The molecule has 1 aromatic carbocycles. The van der Waals surface area contributed by atoms with Gasteiger partial charge in [-0.3, -0.25) is 0 Å². The Kier molecular flexibility index (Phi) is 3.62. The number of piperidine rings is 3. The van der Waals surface area contributed by atoms with Gasteiger partial charge in [0, 0.05) is 0 Å². The summed E-state index contributed by atoms with van der Waals surface area (Å²) in [6.07, 6.45) is 8.45. The number of methoxy groups -OCH3 is 1. The summed E-state index contributed by atoms with van der Waals surface area (Å²) in [7, 11) is 1.41. The molecule has 0 atom stereocenters. The van der Waals surface area contributed by atoms with Gasteiger partial charge in [-0.2, -0.15) is 0 Å². The molecule has 0 radical (unpaired) electrons. The van der Waals surface area contributed by atoms with Gasteiger partial charge in [0.25, 0.3) is 0 Å². The van der Waals surface area contributed by atoms with Crippen molar-refractivity contribution in [2.75, 3.05) is 26.7 Å². The smallest absolute Gasteiger partial charge is 0.337 e. The number of benzene rings is 1. The lowest BCUT2D eigenvalue weighted by molar-refractivity contribution is 0.0600. The van der Waals surface area contributed by atoms with Crippen molar-refractivity contribution >= 4 is 12.0 Å². The summed E-state index contributed by atoms with van der Waals surface area (Å²) in [6.45, 7) is 3.73. The molecule has 3 fully saturated rings. The molecule has 0 spiro atoms. The van der Waals surface area contributed by atoms with Crippen LogP contribution < -0.4 is 0 Å². The number of hydrogen-bond donors (Lipinski definition) is 0. The van der Waals surface area contributed by atoms with Crippen LogP contribution >= 0.6 is 0 Å². The second kappa shape index (κ2) is 5.41. The monoisotopic (exact) mass is 271 g/mol. The van der Waals surface area contributed by atoms with Gasteiger partial charge in [-0.25, -0.2) is 4.79 Å². The summed E-state index contributed by atoms with van der Waals surface area (Å²) in [5.74, 6) is -0.279. The van der Waals surface area contributed by atoms with Crippen LogP contribution in [0.25, 0.3) is 6.08 Å². The highest BCUT2D eigenvalue weighted by molar-refractivity contribution is 5.89. The minimum atomic E-state index is -0.279. The maximum atomic E-state index is 11.4. The second-order valence-corrected chi connectivity index (χ2v) is 5.90. The summed E-state index contributed by atoms with van der Waals surface area (Å²) < 4.78 is 4.71. The summed E-state index contributed by atoms with van der Waals surface area (Å²) >= 11 is 0. The Morgan fingerprint density at radius 2 is 1.75 bits per heavy atom. The predicted molar refractivity (Wildman–Crippen MR) is 79.5 cm³/mol. The van der Waals surface area contributed by atoms with E-state index in [9.17, 15) is 4.79 Å². The van der Waals surface area contributed by atoms with E-state index in [0.717, 1.165) is 5.56 Å². The van der Waals surface area contributed by atoms with E-state index >= 15 is 0 Å². The Hall–Kier alpha value is -1.61. The highest BCUT2D eigenvalue weighted by Crippen LogP contribution is 2.41. The first-order chi connectivity index (χ1) is 9.71. The number of allylic oxidation sites excluding steroid dienone is 1. The maximum Gasteiger partial charge on any atom is 0.337 e. The Morgan fingerprint density at radius 3 is 2.30 bits per heavy atom. The first-order valence-electron chi connectivity index (χ1n) is 7.31. The maximum absolute atomic E-state index is 11.4. The van der Waals surface area contributed by atoms with E-state index < -0.39 is 0 Å². The van der Waals surface area contributed by atoms with Crippen LogP contribution in [0.15, 0.2) is 30.3 Å². The second-order valence-electron chi connectivity index (χ2n) is 5.90. The lowest BCUT2D eigenvalue weighted by Crippen LogP contribution is -2.47. The van der Waals surface area contributed by atoms with Gasteiger partial charge >= 0.3 is 5.97 Å². The number of nitrogens with zero attached hydrogens (tertiary/aromatic N) is 1. The molecule has 3 saturated heterocycles. The topological polar surface area (TPSA) is 29.5 Å². The lowest BCUT2D eigenvalue weighted by atomic mass is 9.72.